The quantitative estimate of drug-likeness (QED) is 0.564. The summed E-state index contributed by atoms with van der Waals surface area (Å²) in [4.78, 5) is 0. The molecule has 0 aliphatic heterocycles. The van der Waals surface area contributed by atoms with Crippen LogP contribution in [0.2, 0.25) is 0 Å². The van der Waals surface area contributed by atoms with Gasteiger partial charge < -0.3 is 0 Å². The van der Waals surface area contributed by atoms with Crippen LogP contribution in [0.5, 0.6) is 0 Å². The Bertz CT molecular complexity index is 111. The molecule has 1 rings (SSSR count). The van der Waals surface area contributed by atoms with Crippen molar-refractivity contribution in [1.29, 1.82) is 0 Å². The molecule has 0 spiro atoms. The van der Waals surface area contributed by atoms with Crippen LogP contribution in [0.25, 0.3) is 0 Å². The monoisotopic (exact) mass is 154 g/mol. The first-order chi connectivity index (χ1) is 5.22. The van der Waals surface area contributed by atoms with Crippen LogP contribution in [0.4, 0.5) is 0 Å². The van der Waals surface area contributed by atoms with E-state index < -0.39 is 0 Å². The topological polar surface area (TPSA) is 0 Å². The predicted octanol–water partition coefficient (Wildman–Crippen LogP) is 4.00. The lowest BCUT2D eigenvalue weighted by molar-refractivity contribution is 0.133. The fraction of sp³-hybridized carbons (Fsp3) is 1.00. The zero-order valence-corrected chi connectivity index (χ0v) is 8.32. The molecule has 0 bridgehead atoms. The van der Waals surface area contributed by atoms with Crippen LogP contribution in [0, 0.1) is 11.3 Å². The lowest BCUT2D eigenvalue weighted by atomic mass is 9.67. The molecule has 0 amide bonds. The molecular weight excluding hydrogens is 132 g/mol. The Morgan fingerprint density at radius 3 is 2.27 bits per heavy atom. The highest BCUT2D eigenvalue weighted by Gasteiger charge is 2.30. The molecule has 0 aromatic heterocycles. The maximum absolute atomic E-state index is 2.42. The zero-order valence-electron chi connectivity index (χ0n) is 8.32. The van der Waals surface area contributed by atoms with Crippen LogP contribution in [0.1, 0.15) is 59.3 Å². The lowest BCUT2D eigenvalue weighted by Crippen LogP contribution is -2.26. The van der Waals surface area contributed by atoms with Crippen LogP contribution in [-0.2, 0) is 0 Å². The van der Waals surface area contributed by atoms with E-state index in [4.69, 9.17) is 0 Å². The van der Waals surface area contributed by atoms with Gasteiger partial charge in [-0.05, 0) is 24.2 Å². The van der Waals surface area contributed by atoms with Crippen molar-refractivity contribution < 1.29 is 0 Å². The molecule has 0 heteroatoms. The molecule has 1 aliphatic rings. The van der Waals surface area contributed by atoms with Gasteiger partial charge in [0.2, 0.25) is 0 Å². The Kier molecular flexibility index (Phi) is 2.98. The average Bonchev–Trinajstić information content (AvgIpc) is 2.04. The molecule has 0 saturated heterocycles. The second kappa shape index (κ2) is 3.60. The minimum atomic E-state index is 0.734. The zero-order chi connectivity index (χ0) is 8.32. The van der Waals surface area contributed by atoms with E-state index in [9.17, 15) is 0 Å². The molecule has 11 heavy (non-hydrogen) atoms. The van der Waals surface area contributed by atoms with Gasteiger partial charge in [0.1, 0.15) is 0 Å². The largest absolute Gasteiger partial charge is 0.0649 e. The summed E-state index contributed by atoms with van der Waals surface area (Å²) in [6.07, 6.45) is 8.72. The van der Waals surface area contributed by atoms with Gasteiger partial charge in [-0.1, -0.05) is 46.5 Å². The average molecular weight is 154 g/mol. The lowest BCUT2D eigenvalue weighted by Gasteiger charge is -2.38. The first-order valence-corrected chi connectivity index (χ1v) is 5.22. The molecule has 1 aliphatic carbocycles. The molecule has 0 N–H and O–H groups in total. The van der Waals surface area contributed by atoms with Gasteiger partial charge in [0.15, 0.2) is 0 Å². The summed E-state index contributed by atoms with van der Waals surface area (Å²) in [5.41, 5.74) is 0.734. The third-order valence-corrected chi connectivity index (χ3v) is 3.69. The van der Waals surface area contributed by atoms with Crippen LogP contribution in [0.15, 0.2) is 0 Å². The van der Waals surface area contributed by atoms with Gasteiger partial charge in [-0.3, -0.25) is 0 Å². The molecular formula is C11H22. The summed E-state index contributed by atoms with van der Waals surface area (Å²) < 4.78 is 0. The number of hydrogen-bond donors (Lipinski definition) is 0. The second-order valence-corrected chi connectivity index (χ2v) is 4.41. The molecule has 0 radical (unpaired) electrons. The second-order valence-electron chi connectivity index (χ2n) is 4.41. The van der Waals surface area contributed by atoms with Gasteiger partial charge in [-0.25, -0.2) is 0 Å². The van der Waals surface area contributed by atoms with E-state index in [1.165, 1.54) is 38.5 Å². The molecule has 0 nitrogen and oxygen atoms in total. The standard InChI is InChI=1S/C11H22/c1-4-11(5-2)8-6-7-10(3)9-11/h10H,4-9H2,1-3H3. The summed E-state index contributed by atoms with van der Waals surface area (Å²) >= 11 is 0. The molecule has 1 saturated carbocycles. The van der Waals surface area contributed by atoms with E-state index in [1.54, 1.807) is 0 Å². The molecule has 1 unspecified atom stereocenters. The summed E-state index contributed by atoms with van der Waals surface area (Å²) in [6.45, 7) is 7.14. The Labute approximate surface area is 71.4 Å². The van der Waals surface area contributed by atoms with Gasteiger partial charge >= 0.3 is 0 Å². The fourth-order valence-electron chi connectivity index (χ4n) is 2.66. The number of rotatable bonds is 2. The van der Waals surface area contributed by atoms with E-state index in [2.05, 4.69) is 20.8 Å². The van der Waals surface area contributed by atoms with Crippen molar-refractivity contribution in [1.82, 2.24) is 0 Å². The van der Waals surface area contributed by atoms with Gasteiger partial charge in [0, 0.05) is 0 Å². The Morgan fingerprint density at radius 1 is 1.27 bits per heavy atom. The highest BCUT2D eigenvalue weighted by atomic mass is 14.4. The van der Waals surface area contributed by atoms with Crippen molar-refractivity contribution >= 4 is 0 Å². The van der Waals surface area contributed by atoms with Crippen molar-refractivity contribution in [2.75, 3.05) is 0 Å². The molecule has 1 fully saturated rings. The number of hydrogen-bond acceptors (Lipinski definition) is 0. The highest BCUT2D eigenvalue weighted by molar-refractivity contribution is 4.82. The smallest absolute Gasteiger partial charge is 0.0300 e. The normalized spacial score (nSPS) is 30.3. The summed E-state index contributed by atoms with van der Waals surface area (Å²) in [5, 5.41) is 0. The van der Waals surface area contributed by atoms with Crippen molar-refractivity contribution in [3.8, 4) is 0 Å². The SMILES string of the molecule is CCC1(CC)CCCC(C)C1. The first-order valence-electron chi connectivity index (χ1n) is 5.22. The first kappa shape index (κ1) is 9.09. The fourth-order valence-corrected chi connectivity index (χ4v) is 2.66. The van der Waals surface area contributed by atoms with Crippen molar-refractivity contribution in [3.05, 3.63) is 0 Å². The van der Waals surface area contributed by atoms with Crippen molar-refractivity contribution in [3.63, 3.8) is 0 Å². The van der Waals surface area contributed by atoms with Crippen molar-refractivity contribution in [2.24, 2.45) is 11.3 Å². The van der Waals surface area contributed by atoms with E-state index in [1.807, 2.05) is 0 Å². The van der Waals surface area contributed by atoms with E-state index in [0.29, 0.717) is 0 Å². The molecule has 0 aromatic carbocycles. The minimum Gasteiger partial charge on any atom is -0.0649 e. The molecule has 66 valence electrons. The molecule has 1 atom stereocenters. The maximum Gasteiger partial charge on any atom is -0.0300 e. The van der Waals surface area contributed by atoms with Gasteiger partial charge in [0.05, 0.1) is 0 Å². The van der Waals surface area contributed by atoms with Gasteiger partial charge in [-0.2, -0.15) is 0 Å². The third kappa shape index (κ3) is 1.98. The Hall–Kier alpha value is 0. The van der Waals surface area contributed by atoms with Gasteiger partial charge in [-0.15, -0.1) is 0 Å². The van der Waals surface area contributed by atoms with E-state index in [-0.39, 0.29) is 0 Å². The van der Waals surface area contributed by atoms with E-state index in [0.717, 1.165) is 11.3 Å². The Morgan fingerprint density at radius 2 is 1.91 bits per heavy atom. The van der Waals surface area contributed by atoms with Crippen molar-refractivity contribution in [2.45, 2.75) is 59.3 Å². The van der Waals surface area contributed by atoms with E-state index >= 15 is 0 Å². The molecule has 0 heterocycles. The minimum absolute atomic E-state index is 0.734. The molecule has 0 aromatic rings. The maximum atomic E-state index is 2.42. The third-order valence-electron chi connectivity index (χ3n) is 3.69. The summed E-state index contributed by atoms with van der Waals surface area (Å²) in [5.74, 6) is 0.989. The predicted molar refractivity (Wildman–Crippen MR) is 50.6 cm³/mol. The Balaban J connectivity index is 2.52. The van der Waals surface area contributed by atoms with Crippen LogP contribution < -0.4 is 0 Å². The van der Waals surface area contributed by atoms with Crippen LogP contribution >= 0.6 is 0 Å². The summed E-state index contributed by atoms with van der Waals surface area (Å²) in [7, 11) is 0. The van der Waals surface area contributed by atoms with Crippen LogP contribution in [0.3, 0.4) is 0 Å². The van der Waals surface area contributed by atoms with Gasteiger partial charge in [0.25, 0.3) is 0 Å². The van der Waals surface area contributed by atoms with Crippen LogP contribution in [-0.4, -0.2) is 0 Å². The summed E-state index contributed by atoms with van der Waals surface area (Å²) in [6, 6.07) is 0. The highest BCUT2D eigenvalue weighted by Crippen LogP contribution is 2.44.